The highest BCUT2D eigenvalue weighted by Crippen LogP contribution is 2.62. The Morgan fingerprint density at radius 3 is 2.04 bits per heavy atom. The molecule has 1 aliphatic rings. The second kappa shape index (κ2) is 5.70. The van der Waals surface area contributed by atoms with Gasteiger partial charge >= 0.3 is 0 Å². The van der Waals surface area contributed by atoms with Crippen LogP contribution in [0.4, 0.5) is 4.39 Å². The number of rotatable bonds is 5. The first kappa shape index (κ1) is 16.1. The second-order valence-corrected chi connectivity index (χ2v) is 8.02. The molecule has 6 heteroatoms. The van der Waals surface area contributed by atoms with E-state index in [4.69, 9.17) is 11.5 Å². The van der Waals surface area contributed by atoms with E-state index in [1.54, 1.807) is 42.5 Å². The Morgan fingerprint density at radius 2 is 1.52 bits per heavy atom. The summed E-state index contributed by atoms with van der Waals surface area (Å²) in [6.07, 6.45) is 0. The summed E-state index contributed by atoms with van der Waals surface area (Å²) in [5.41, 5.74) is 11.8. The van der Waals surface area contributed by atoms with Crippen LogP contribution in [0.1, 0.15) is 11.5 Å². The predicted molar refractivity (Wildman–Crippen MR) is 87.1 cm³/mol. The average molecular weight is 334 g/mol. The van der Waals surface area contributed by atoms with Crippen LogP contribution >= 0.6 is 0 Å². The average Bonchev–Trinajstić information content (AvgIpc) is 3.27. The zero-order chi connectivity index (χ0) is 16.7. The van der Waals surface area contributed by atoms with E-state index in [-0.39, 0.29) is 29.7 Å². The van der Waals surface area contributed by atoms with Crippen LogP contribution in [0.2, 0.25) is 0 Å². The molecule has 0 aromatic heterocycles. The summed E-state index contributed by atoms with van der Waals surface area (Å²) >= 11 is 0. The minimum Gasteiger partial charge on any atom is -0.330 e. The molecule has 2 aromatic carbocycles. The molecule has 1 aliphatic carbocycles. The molecule has 3 rings (SSSR count). The number of nitrogens with two attached hydrogens (primary N) is 2. The Hall–Kier alpha value is -1.76. The highest BCUT2D eigenvalue weighted by molar-refractivity contribution is 7.92. The van der Waals surface area contributed by atoms with Gasteiger partial charge in [0.2, 0.25) is 0 Å². The van der Waals surface area contributed by atoms with Crippen LogP contribution in [0.15, 0.2) is 59.5 Å². The van der Waals surface area contributed by atoms with Crippen molar-refractivity contribution in [1.82, 2.24) is 0 Å². The molecule has 4 nitrogen and oxygen atoms in total. The van der Waals surface area contributed by atoms with Gasteiger partial charge in [-0.05, 0) is 29.8 Å². The van der Waals surface area contributed by atoms with E-state index in [2.05, 4.69) is 0 Å². The molecule has 23 heavy (non-hydrogen) atoms. The topological polar surface area (TPSA) is 86.2 Å². The lowest BCUT2D eigenvalue weighted by Gasteiger charge is -2.13. The molecule has 2 aromatic rings. The van der Waals surface area contributed by atoms with Crippen molar-refractivity contribution in [3.8, 4) is 0 Å². The Balaban J connectivity index is 2.05. The molecule has 1 saturated carbocycles. The molecule has 2 atom stereocenters. The Kier molecular flexibility index (Phi) is 4.00. The van der Waals surface area contributed by atoms with Gasteiger partial charge in [-0.3, -0.25) is 0 Å². The summed E-state index contributed by atoms with van der Waals surface area (Å²) in [7, 11) is -3.56. The molecule has 2 unspecified atom stereocenters. The Morgan fingerprint density at radius 1 is 0.957 bits per heavy atom. The van der Waals surface area contributed by atoms with Crippen LogP contribution in [0.5, 0.6) is 0 Å². The van der Waals surface area contributed by atoms with E-state index in [0.29, 0.717) is 0 Å². The van der Waals surface area contributed by atoms with Gasteiger partial charge in [0.25, 0.3) is 0 Å². The normalized spacial score (nSPS) is 22.7. The molecule has 0 radical (unpaired) electrons. The van der Waals surface area contributed by atoms with Crippen LogP contribution in [-0.2, 0) is 9.84 Å². The lowest BCUT2D eigenvalue weighted by molar-refractivity contribution is 0.509. The van der Waals surface area contributed by atoms with E-state index in [1.165, 1.54) is 12.1 Å². The summed E-state index contributed by atoms with van der Waals surface area (Å²) in [5.74, 6) is -0.675. The van der Waals surface area contributed by atoms with E-state index in [0.717, 1.165) is 5.56 Å². The number of halogens is 1. The summed E-state index contributed by atoms with van der Waals surface area (Å²) in [6.45, 7) is 0.338. The summed E-state index contributed by atoms with van der Waals surface area (Å²) in [6, 6.07) is 14.2. The smallest absolute Gasteiger partial charge is 0.182 e. The van der Waals surface area contributed by atoms with Gasteiger partial charge in [-0.1, -0.05) is 30.3 Å². The van der Waals surface area contributed by atoms with Crippen molar-refractivity contribution in [2.24, 2.45) is 16.9 Å². The molecular formula is C17H19FN2O2S. The fourth-order valence-electron chi connectivity index (χ4n) is 3.44. The molecular weight excluding hydrogens is 315 g/mol. The van der Waals surface area contributed by atoms with Gasteiger partial charge < -0.3 is 11.5 Å². The molecule has 0 amide bonds. The standard InChI is InChI=1S/C17H19FN2O2S/c18-13-8-6-12(7-9-13)15-16(17(15,10-19)11-20)23(21,22)14-4-2-1-3-5-14/h1-9,15-16H,10-11,19-20H2. The quantitative estimate of drug-likeness (QED) is 0.871. The molecule has 0 spiro atoms. The summed E-state index contributed by atoms with van der Waals surface area (Å²) < 4.78 is 39.1. The Bertz CT molecular complexity index is 787. The number of sulfone groups is 1. The van der Waals surface area contributed by atoms with E-state index in [9.17, 15) is 12.8 Å². The monoisotopic (exact) mass is 334 g/mol. The maximum atomic E-state index is 13.2. The number of benzene rings is 2. The first-order valence-electron chi connectivity index (χ1n) is 7.42. The summed E-state index contributed by atoms with van der Waals surface area (Å²) in [4.78, 5) is 0.265. The van der Waals surface area contributed by atoms with Crippen LogP contribution in [0.3, 0.4) is 0 Å². The zero-order valence-corrected chi connectivity index (χ0v) is 13.3. The van der Waals surface area contributed by atoms with Gasteiger partial charge in [0.1, 0.15) is 5.82 Å². The van der Waals surface area contributed by atoms with Crippen molar-refractivity contribution < 1.29 is 12.8 Å². The van der Waals surface area contributed by atoms with Crippen molar-refractivity contribution in [3.05, 3.63) is 66.0 Å². The van der Waals surface area contributed by atoms with Crippen molar-refractivity contribution >= 4 is 9.84 Å². The largest absolute Gasteiger partial charge is 0.330 e. The third-order valence-corrected chi connectivity index (χ3v) is 7.11. The highest BCUT2D eigenvalue weighted by atomic mass is 32.2. The molecule has 0 heterocycles. The van der Waals surface area contributed by atoms with Crippen molar-refractivity contribution in [2.75, 3.05) is 13.1 Å². The van der Waals surface area contributed by atoms with Crippen LogP contribution in [-0.4, -0.2) is 26.8 Å². The molecule has 0 saturated heterocycles. The number of hydrogen-bond donors (Lipinski definition) is 2. The van der Waals surface area contributed by atoms with E-state index in [1.807, 2.05) is 0 Å². The third kappa shape index (κ3) is 2.47. The van der Waals surface area contributed by atoms with Gasteiger partial charge in [-0.25, -0.2) is 12.8 Å². The fourth-order valence-corrected chi connectivity index (χ4v) is 5.94. The van der Waals surface area contributed by atoms with Gasteiger partial charge in [0.15, 0.2) is 9.84 Å². The lowest BCUT2D eigenvalue weighted by atomic mass is 9.99. The van der Waals surface area contributed by atoms with Gasteiger partial charge in [-0.2, -0.15) is 0 Å². The first-order valence-corrected chi connectivity index (χ1v) is 8.96. The predicted octanol–water partition coefficient (Wildman–Crippen LogP) is 1.67. The van der Waals surface area contributed by atoms with Crippen LogP contribution in [0, 0.1) is 11.2 Å². The minimum atomic E-state index is -3.56. The van der Waals surface area contributed by atoms with Crippen LogP contribution in [0.25, 0.3) is 0 Å². The molecule has 1 fully saturated rings. The van der Waals surface area contributed by atoms with Crippen molar-refractivity contribution in [3.63, 3.8) is 0 Å². The maximum absolute atomic E-state index is 13.2. The maximum Gasteiger partial charge on any atom is 0.182 e. The first-order chi connectivity index (χ1) is 11.0. The molecule has 0 aliphatic heterocycles. The third-order valence-electron chi connectivity index (χ3n) is 4.77. The number of hydrogen-bond acceptors (Lipinski definition) is 4. The fraction of sp³-hybridized carbons (Fsp3) is 0.294. The lowest BCUT2D eigenvalue weighted by Crippen LogP contribution is -2.31. The zero-order valence-electron chi connectivity index (χ0n) is 12.5. The molecule has 122 valence electrons. The van der Waals surface area contributed by atoms with E-state index < -0.39 is 20.5 Å². The van der Waals surface area contributed by atoms with Gasteiger partial charge in [0, 0.05) is 24.4 Å². The van der Waals surface area contributed by atoms with Gasteiger partial charge in [-0.15, -0.1) is 0 Å². The second-order valence-electron chi connectivity index (χ2n) is 5.95. The Labute approximate surface area is 135 Å². The highest BCUT2D eigenvalue weighted by Gasteiger charge is 2.69. The molecule has 0 bridgehead atoms. The summed E-state index contributed by atoms with van der Waals surface area (Å²) in [5, 5.41) is -0.683. The molecule has 4 N–H and O–H groups in total. The van der Waals surface area contributed by atoms with Crippen molar-refractivity contribution in [2.45, 2.75) is 16.1 Å². The van der Waals surface area contributed by atoms with E-state index >= 15 is 0 Å². The SMILES string of the molecule is NCC1(CN)C(c2ccc(F)cc2)C1S(=O)(=O)c1ccccc1. The van der Waals surface area contributed by atoms with Crippen LogP contribution < -0.4 is 11.5 Å². The van der Waals surface area contributed by atoms with Gasteiger partial charge in [0.05, 0.1) is 10.1 Å². The van der Waals surface area contributed by atoms with Crippen molar-refractivity contribution in [1.29, 1.82) is 0 Å². The minimum absolute atomic E-state index is 0.169.